The highest BCUT2D eigenvalue weighted by molar-refractivity contribution is 6.34. The number of carboxylic acid groups (broad SMARTS) is 1. The Labute approximate surface area is 89.0 Å². The number of benzene rings is 1. The molecule has 1 atom stereocenters. The van der Waals surface area contributed by atoms with Crippen LogP contribution in [0.25, 0.3) is 0 Å². The number of rotatable bonds is 3. The van der Waals surface area contributed by atoms with Gasteiger partial charge in [0, 0.05) is 10.0 Å². The van der Waals surface area contributed by atoms with Crippen LogP contribution < -0.4 is 4.74 Å². The molecule has 3 nitrogen and oxygen atoms in total. The lowest BCUT2D eigenvalue weighted by molar-refractivity contribution is -0.153. The van der Waals surface area contributed by atoms with E-state index >= 15 is 0 Å². The van der Waals surface area contributed by atoms with Gasteiger partial charge in [-0.25, -0.2) is 4.79 Å². The Kier molecular flexibility index (Phi) is 3.55. The molecule has 0 spiro atoms. The van der Waals surface area contributed by atoms with Gasteiger partial charge in [-0.1, -0.05) is 23.2 Å². The molecule has 0 aliphatic rings. The van der Waals surface area contributed by atoms with E-state index in [0.717, 1.165) is 0 Å². The zero-order chi connectivity index (χ0) is 10.7. The molecule has 1 unspecified atom stereocenters. The average molecular weight is 239 g/mol. The van der Waals surface area contributed by atoms with Crippen LogP contribution in [-0.4, -0.2) is 17.4 Å². The van der Waals surface area contributed by atoms with E-state index in [1.807, 2.05) is 0 Å². The molecule has 0 aromatic heterocycles. The van der Waals surface area contributed by atoms with Crippen molar-refractivity contribution in [3.8, 4) is 5.75 Å². The number of ether oxygens (including phenoxy) is 1. The van der Waals surface area contributed by atoms with Gasteiger partial charge in [0.05, 0.1) is 0 Å². The van der Waals surface area contributed by atoms with E-state index in [9.17, 15) is 9.18 Å². The summed E-state index contributed by atoms with van der Waals surface area (Å²) in [6, 6.07) is 3.95. The normalized spacial score (nSPS) is 12.2. The molecular weight excluding hydrogens is 234 g/mol. The average Bonchev–Trinajstić information content (AvgIpc) is 2.01. The predicted molar refractivity (Wildman–Crippen MR) is 49.6 cm³/mol. The molecule has 0 aliphatic carbocycles. The van der Waals surface area contributed by atoms with Crippen molar-refractivity contribution in [2.45, 2.75) is 6.36 Å². The Morgan fingerprint density at radius 1 is 1.36 bits per heavy atom. The third-order valence-corrected chi connectivity index (χ3v) is 1.71. The van der Waals surface area contributed by atoms with Gasteiger partial charge in [0.1, 0.15) is 5.75 Å². The quantitative estimate of drug-likeness (QED) is 0.881. The lowest BCUT2D eigenvalue weighted by Crippen LogP contribution is -2.21. The summed E-state index contributed by atoms with van der Waals surface area (Å²) in [4.78, 5) is 10.1. The molecule has 1 rings (SSSR count). The molecule has 0 saturated heterocycles. The van der Waals surface area contributed by atoms with Crippen LogP contribution in [0.15, 0.2) is 18.2 Å². The highest BCUT2D eigenvalue weighted by Gasteiger charge is 2.17. The smallest absolute Gasteiger partial charge is 0.378 e. The van der Waals surface area contributed by atoms with Crippen LogP contribution >= 0.6 is 23.2 Å². The molecule has 0 radical (unpaired) electrons. The third kappa shape index (κ3) is 3.05. The summed E-state index contributed by atoms with van der Waals surface area (Å²) in [5.41, 5.74) is 0. The van der Waals surface area contributed by atoms with E-state index in [1.54, 1.807) is 0 Å². The van der Waals surface area contributed by atoms with Crippen molar-refractivity contribution in [3.05, 3.63) is 28.2 Å². The lowest BCUT2D eigenvalue weighted by Gasteiger charge is -2.07. The van der Waals surface area contributed by atoms with Crippen LogP contribution in [0, 0.1) is 0 Å². The third-order valence-electron chi connectivity index (χ3n) is 1.27. The van der Waals surface area contributed by atoms with Gasteiger partial charge in [-0.3, -0.25) is 0 Å². The molecule has 1 aromatic carbocycles. The van der Waals surface area contributed by atoms with E-state index in [2.05, 4.69) is 4.74 Å². The minimum absolute atomic E-state index is 0.0302. The molecule has 6 heteroatoms. The van der Waals surface area contributed by atoms with E-state index in [-0.39, 0.29) is 15.8 Å². The van der Waals surface area contributed by atoms with Crippen molar-refractivity contribution in [1.82, 2.24) is 0 Å². The van der Waals surface area contributed by atoms with Crippen molar-refractivity contribution >= 4 is 29.2 Å². The standard InChI is InChI=1S/C8H5Cl2FO3/c9-4-1-5(10)3-6(2-4)14-7(11)8(12)13/h1-3,7H,(H,12,13). The van der Waals surface area contributed by atoms with Crippen LogP contribution in [0.4, 0.5) is 4.39 Å². The molecule has 76 valence electrons. The Bertz CT molecular complexity index is 336. The first-order valence-corrected chi connectivity index (χ1v) is 4.24. The monoisotopic (exact) mass is 238 g/mol. The number of alkyl halides is 1. The lowest BCUT2D eigenvalue weighted by atomic mass is 10.3. The second-order valence-electron chi connectivity index (χ2n) is 2.38. The number of halogens is 3. The molecule has 0 amide bonds. The SMILES string of the molecule is O=C(O)C(F)Oc1cc(Cl)cc(Cl)c1. The number of hydrogen-bond donors (Lipinski definition) is 1. The zero-order valence-electron chi connectivity index (χ0n) is 6.71. The van der Waals surface area contributed by atoms with Crippen LogP contribution in [0.3, 0.4) is 0 Å². The van der Waals surface area contributed by atoms with Gasteiger partial charge in [0.15, 0.2) is 0 Å². The van der Waals surface area contributed by atoms with Crippen molar-refractivity contribution < 1.29 is 19.0 Å². The fourth-order valence-corrected chi connectivity index (χ4v) is 1.27. The summed E-state index contributed by atoms with van der Waals surface area (Å²) in [5, 5.41) is 8.70. The second-order valence-corrected chi connectivity index (χ2v) is 3.25. The van der Waals surface area contributed by atoms with Crippen molar-refractivity contribution in [1.29, 1.82) is 0 Å². The summed E-state index contributed by atoms with van der Waals surface area (Å²) in [6.45, 7) is 0. The minimum atomic E-state index is -2.43. The number of carboxylic acids is 1. The fraction of sp³-hybridized carbons (Fsp3) is 0.125. The summed E-state index contributed by atoms with van der Waals surface area (Å²) in [7, 11) is 0. The Hall–Kier alpha value is -1.000. The highest BCUT2D eigenvalue weighted by atomic mass is 35.5. The molecule has 0 aliphatic heterocycles. The van der Waals surface area contributed by atoms with Crippen molar-refractivity contribution in [3.63, 3.8) is 0 Å². The number of hydrogen-bond acceptors (Lipinski definition) is 2. The largest absolute Gasteiger partial charge is 0.476 e. The Balaban J connectivity index is 2.81. The minimum Gasteiger partial charge on any atom is -0.476 e. The maximum absolute atomic E-state index is 12.6. The van der Waals surface area contributed by atoms with E-state index in [4.69, 9.17) is 28.3 Å². The van der Waals surface area contributed by atoms with E-state index in [0.29, 0.717) is 0 Å². The number of carbonyl (C=O) groups is 1. The van der Waals surface area contributed by atoms with Gasteiger partial charge in [0.25, 0.3) is 0 Å². The molecule has 0 heterocycles. The summed E-state index contributed by atoms with van der Waals surface area (Å²) >= 11 is 11.2. The summed E-state index contributed by atoms with van der Waals surface area (Å²) in [5.74, 6) is -1.74. The summed E-state index contributed by atoms with van der Waals surface area (Å²) in [6.07, 6.45) is -2.43. The first-order chi connectivity index (χ1) is 6.49. The molecule has 1 aromatic rings. The van der Waals surface area contributed by atoms with Crippen LogP contribution in [0.2, 0.25) is 10.0 Å². The molecule has 0 bridgehead atoms. The first-order valence-electron chi connectivity index (χ1n) is 3.48. The molecular formula is C8H5Cl2FO3. The van der Waals surface area contributed by atoms with Gasteiger partial charge in [-0.05, 0) is 18.2 Å². The molecule has 14 heavy (non-hydrogen) atoms. The number of aliphatic carboxylic acids is 1. The maximum atomic E-state index is 12.6. The Morgan fingerprint density at radius 3 is 2.29 bits per heavy atom. The van der Waals surface area contributed by atoms with Crippen LogP contribution in [0.1, 0.15) is 0 Å². The van der Waals surface area contributed by atoms with Crippen LogP contribution in [-0.2, 0) is 4.79 Å². The second kappa shape index (κ2) is 4.48. The summed E-state index contributed by atoms with van der Waals surface area (Å²) < 4.78 is 17.0. The topological polar surface area (TPSA) is 46.5 Å². The van der Waals surface area contributed by atoms with E-state index < -0.39 is 12.3 Å². The fourth-order valence-electron chi connectivity index (χ4n) is 0.766. The Morgan fingerprint density at radius 2 is 1.86 bits per heavy atom. The maximum Gasteiger partial charge on any atom is 0.378 e. The molecule has 0 fully saturated rings. The van der Waals surface area contributed by atoms with Gasteiger partial charge in [0.2, 0.25) is 0 Å². The van der Waals surface area contributed by atoms with E-state index in [1.165, 1.54) is 18.2 Å². The molecule has 1 N–H and O–H groups in total. The predicted octanol–water partition coefficient (Wildman–Crippen LogP) is 2.75. The molecule has 0 saturated carbocycles. The van der Waals surface area contributed by atoms with Gasteiger partial charge in [-0.2, -0.15) is 4.39 Å². The zero-order valence-corrected chi connectivity index (χ0v) is 8.22. The van der Waals surface area contributed by atoms with Crippen molar-refractivity contribution in [2.24, 2.45) is 0 Å². The van der Waals surface area contributed by atoms with Gasteiger partial charge >= 0.3 is 12.3 Å². The highest BCUT2D eigenvalue weighted by Crippen LogP contribution is 2.25. The first kappa shape index (κ1) is 11.1. The van der Waals surface area contributed by atoms with Gasteiger partial charge < -0.3 is 9.84 Å². The van der Waals surface area contributed by atoms with Gasteiger partial charge in [-0.15, -0.1) is 0 Å². The van der Waals surface area contributed by atoms with Crippen LogP contribution in [0.5, 0.6) is 5.75 Å². The van der Waals surface area contributed by atoms with Crippen molar-refractivity contribution in [2.75, 3.05) is 0 Å².